The predicted octanol–water partition coefficient (Wildman–Crippen LogP) is 3.02. The van der Waals surface area contributed by atoms with Crippen LogP contribution in [0.3, 0.4) is 0 Å². The molecule has 0 aliphatic carbocycles. The van der Waals surface area contributed by atoms with Crippen molar-refractivity contribution in [2.45, 2.75) is 0 Å². The van der Waals surface area contributed by atoms with E-state index in [0.29, 0.717) is 15.7 Å². The number of anilines is 1. The van der Waals surface area contributed by atoms with Crippen molar-refractivity contribution in [1.29, 1.82) is 5.26 Å². The molecular weight excluding hydrogens is 301 g/mol. The zero-order chi connectivity index (χ0) is 14.9. The number of ether oxygens (including phenoxy) is 1. The van der Waals surface area contributed by atoms with Crippen LogP contribution < -0.4 is 5.73 Å². The molecule has 0 saturated carbocycles. The van der Waals surface area contributed by atoms with Gasteiger partial charge in [0.2, 0.25) is 0 Å². The van der Waals surface area contributed by atoms with E-state index in [1.165, 1.54) is 17.9 Å². The smallest absolute Gasteiger partial charge is 0.357 e. The number of halogens is 2. The van der Waals surface area contributed by atoms with Crippen molar-refractivity contribution < 1.29 is 9.53 Å². The number of aromatic nitrogens is 1. The zero-order valence-electron chi connectivity index (χ0n) is 10.4. The molecule has 0 bridgehead atoms. The number of nitrogens with zero attached hydrogens (tertiary/aromatic N) is 2. The Hall–Kier alpha value is -2.16. The first-order valence-corrected chi connectivity index (χ1v) is 6.19. The predicted molar refractivity (Wildman–Crippen MR) is 76.3 cm³/mol. The lowest BCUT2D eigenvalue weighted by atomic mass is 10.2. The minimum atomic E-state index is -0.643. The Morgan fingerprint density at radius 2 is 2.10 bits per heavy atom. The lowest BCUT2D eigenvalue weighted by molar-refractivity contribution is 0.0593. The van der Waals surface area contributed by atoms with E-state index in [1.54, 1.807) is 18.2 Å². The molecule has 0 spiro atoms. The van der Waals surface area contributed by atoms with E-state index in [0.717, 1.165) is 0 Å². The maximum absolute atomic E-state index is 11.8. The van der Waals surface area contributed by atoms with Gasteiger partial charge in [-0.25, -0.2) is 4.79 Å². The Morgan fingerprint density at radius 1 is 1.40 bits per heavy atom. The molecule has 2 N–H and O–H groups in total. The number of hydrogen-bond donors (Lipinski definition) is 1. The fourth-order valence-electron chi connectivity index (χ4n) is 1.75. The van der Waals surface area contributed by atoms with Crippen LogP contribution in [0, 0.1) is 11.3 Å². The van der Waals surface area contributed by atoms with Gasteiger partial charge in [-0.1, -0.05) is 23.2 Å². The van der Waals surface area contributed by atoms with E-state index in [9.17, 15) is 4.79 Å². The van der Waals surface area contributed by atoms with Crippen LogP contribution in [0.5, 0.6) is 0 Å². The maximum Gasteiger partial charge on any atom is 0.357 e. The number of carbonyl (C=O) groups excluding carboxylic acids is 1. The van der Waals surface area contributed by atoms with Crippen molar-refractivity contribution in [1.82, 2.24) is 4.57 Å². The molecule has 0 fully saturated rings. The lowest BCUT2D eigenvalue weighted by Crippen LogP contribution is -2.11. The van der Waals surface area contributed by atoms with Gasteiger partial charge in [-0.05, 0) is 18.2 Å². The highest BCUT2D eigenvalue weighted by atomic mass is 35.5. The number of carbonyl (C=O) groups is 1. The minimum absolute atomic E-state index is 0.0606. The number of hydrogen-bond acceptors (Lipinski definition) is 4. The summed E-state index contributed by atoms with van der Waals surface area (Å²) >= 11 is 11.8. The van der Waals surface area contributed by atoms with Crippen LogP contribution in [0.4, 0.5) is 5.69 Å². The molecule has 1 aromatic heterocycles. The van der Waals surface area contributed by atoms with Gasteiger partial charge in [-0.15, -0.1) is 0 Å². The molecular formula is C13H9Cl2N3O2. The fraction of sp³-hybridized carbons (Fsp3) is 0.0769. The average Bonchev–Trinajstić information content (AvgIpc) is 2.78. The van der Waals surface area contributed by atoms with Gasteiger partial charge < -0.3 is 15.0 Å². The minimum Gasteiger partial charge on any atom is -0.464 e. The standard InChI is InChI=1S/C13H9Cl2N3O2/c1-20-13(19)12-11(17)7(5-16)6-18(12)8-2-3-9(14)10(15)4-8/h2-4,6H,17H2,1H3. The SMILES string of the molecule is COC(=O)c1c(N)c(C#N)cn1-c1ccc(Cl)c(Cl)c1. The van der Waals surface area contributed by atoms with Crippen LogP contribution in [0.15, 0.2) is 24.4 Å². The number of rotatable bonds is 2. The van der Waals surface area contributed by atoms with Crippen molar-refractivity contribution in [3.05, 3.63) is 45.7 Å². The molecule has 5 nitrogen and oxygen atoms in total. The van der Waals surface area contributed by atoms with Crippen LogP contribution in [0.25, 0.3) is 5.69 Å². The van der Waals surface area contributed by atoms with Crippen molar-refractivity contribution in [2.24, 2.45) is 0 Å². The van der Waals surface area contributed by atoms with E-state index >= 15 is 0 Å². The summed E-state index contributed by atoms with van der Waals surface area (Å²) in [7, 11) is 1.24. The monoisotopic (exact) mass is 309 g/mol. The van der Waals surface area contributed by atoms with Crippen LogP contribution in [-0.4, -0.2) is 17.6 Å². The van der Waals surface area contributed by atoms with Crippen molar-refractivity contribution in [3.8, 4) is 11.8 Å². The lowest BCUT2D eigenvalue weighted by Gasteiger charge is -2.09. The second-order valence-electron chi connectivity index (χ2n) is 3.88. The van der Waals surface area contributed by atoms with Gasteiger partial charge in [0, 0.05) is 11.9 Å². The van der Waals surface area contributed by atoms with E-state index in [1.807, 2.05) is 6.07 Å². The average molecular weight is 310 g/mol. The highest BCUT2D eigenvalue weighted by Gasteiger charge is 2.21. The van der Waals surface area contributed by atoms with Crippen molar-refractivity contribution in [2.75, 3.05) is 12.8 Å². The summed E-state index contributed by atoms with van der Waals surface area (Å²) < 4.78 is 6.13. The number of benzene rings is 1. The number of methoxy groups -OCH3 is 1. The first kappa shape index (κ1) is 14.3. The number of nitrogen functional groups attached to an aromatic ring is 1. The van der Waals surface area contributed by atoms with Gasteiger partial charge in [-0.2, -0.15) is 5.26 Å². The third-order valence-electron chi connectivity index (χ3n) is 2.72. The maximum atomic E-state index is 11.8. The van der Waals surface area contributed by atoms with Gasteiger partial charge in [0.05, 0.1) is 28.4 Å². The second kappa shape index (κ2) is 5.45. The molecule has 0 unspecified atom stereocenters. The number of nitrogens with two attached hydrogens (primary N) is 1. The topological polar surface area (TPSA) is 81.0 Å². The molecule has 2 rings (SSSR count). The van der Waals surface area contributed by atoms with Crippen LogP contribution in [0.2, 0.25) is 10.0 Å². The van der Waals surface area contributed by atoms with Gasteiger partial charge in [-0.3, -0.25) is 0 Å². The first-order valence-electron chi connectivity index (χ1n) is 5.44. The molecule has 20 heavy (non-hydrogen) atoms. The van der Waals surface area contributed by atoms with Gasteiger partial charge in [0.25, 0.3) is 0 Å². The molecule has 0 atom stereocenters. The Kier molecular flexibility index (Phi) is 3.89. The second-order valence-corrected chi connectivity index (χ2v) is 4.69. The quantitative estimate of drug-likeness (QED) is 0.865. The number of esters is 1. The molecule has 1 heterocycles. The normalized spacial score (nSPS) is 10.1. The Balaban J connectivity index is 2.70. The highest BCUT2D eigenvalue weighted by molar-refractivity contribution is 6.42. The zero-order valence-corrected chi connectivity index (χ0v) is 11.9. The van der Waals surface area contributed by atoms with Crippen LogP contribution >= 0.6 is 23.2 Å². The van der Waals surface area contributed by atoms with E-state index in [4.69, 9.17) is 34.2 Å². The largest absolute Gasteiger partial charge is 0.464 e. The molecule has 102 valence electrons. The van der Waals surface area contributed by atoms with Gasteiger partial charge in [0.15, 0.2) is 5.69 Å². The Labute approximate surface area is 125 Å². The summed E-state index contributed by atoms with van der Waals surface area (Å²) in [5.41, 5.74) is 6.65. The summed E-state index contributed by atoms with van der Waals surface area (Å²) in [6.45, 7) is 0. The molecule has 1 aromatic carbocycles. The third-order valence-corrected chi connectivity index (χ3v) is 3.46. The van der Waals surface area contributed by atoms with E-state index in [2.05, 4.69) is 4.74 Å². The molecule has 0 saturated heterocycles. The summed E-state index contributed by atoms with van der Waals surface area (Å²) in [6, 6.07) is 6.72. The van der Waals surface area contributed by atoms with Gasteiger partial charge in [0.1, 0.15) is 6.07 Å². The van der Waals surface area contributed by atoms with E-state index in [-0.39, 0.29) is 16.9 Å². The summed E-state index contributed by atoms with van der Waals surface area (Å²) in [5, 5.41) is 9.72. The third kappa shape index (κ3) is 2.31. The Morgan fingerprint density at radius 3 is 2.65 bits per heavy atom. The molecule has 2 aromatic rings. The summed E-state index contributed by atoms with van der Waals surface area (Å²) in [6.07, 6.45) is 1.45. The van der Waals surface area contributed by atoms with E-state index < -0.39 is 5.97 Å². The summed E-state index contributed by atoms with van der Waals surface area (Å²) in [4.78, 5) is 11.8. The number of nitriles is 1. The summed E-state index contributed by atoms with van der Waals surface area (Å²) in [5.74, 6) is -0.643. The molecule has 0 aliphatic heterocycles. The van der Waals surface area contributed by atoms with Crippen LogP contribution in [0.1, 0.15) is 16.1 Å². The molecule has 7 heteroatoms. The highest BCUT2D eigenvalue weighted by Crippen LogP contribution is 2.29. The van der Waals surface area contributed by atoms with Crippen molar-refractivity contribution >= 4 is 34.9 Å². The molecule has 0 aliphatic rings. The van der Waals surface area contributed by atoms with Crippen LogP contribution in [-0.2, 0) is 4.74 Å². The fourth-order valence-corrected chi connectivity index (χ4v) is 2.05. The Bertz CT molecular complexity index is 732. The molecule has 0 radical (unpaired) electrons. The van der Waals surface area contributed by atoms with Gasteiger partial charge >= 0.3 is 5.97 Å². The first-order chi connectivity index (χ1) is 9.49. The molecule has 0 amide bonds. The van der Waals surface area contributed by atoms with Crippen molar-refractivity contribution in [3.63, 3.8) is 0 Å².